The van der Waals surface area contributed by atoms with Gasteiger partial charge in [-0.05, 0) is 48.5 Å². The number of anilines is 1. The highest BCUT2D eigenvalue weighted by Gasteiger charge is 2.18. The van der Waals surface area contributed by atoms with Crippen molar-refractivity contribution >= 4 is 23.3 Å². The first kappa shape index (κ1) is 20.3. The zero-order chi connectivity index (χ0) is 21.7. The topological polar surface area (TPSA) is 131 Å². The van der Waals surface area contributed by atoms with Crippen LogP contribution in [-0.2, 0) is 0 Å². The van der Waals surface area contributed by atoms with Crippen LogP contribution in [0.5, 0.6) is 17.2 Å². The van der Waals surface area contributed by atoms with Crippen molar-refractivity contribution in [3.05, 3.63) is 88.0 Å². The lowest BCUT2D eigenvalue weighted by atomic mass is 10.2. The number of esters is 2. The minimum Gasteiger partial charge on any atom is -0.496 e. The predicted octanol–water partition coefficient (Wildman–Crippen LogP) is 3.62. The quantitative estimate of drug-likeness (QED) is 0.215. The van der Waals surface area contributed by atoms with Crippen LogP contribution < -0.4 is 19.9 Å². The third kappa shape index (κ3) is 4.71. The number of ether oxygens (including phenoxy) is 3. The molecule has 0 bridgehead atoms. The SMILES string of the molecule is COc1cc(OC(=O)c2ccc(N)cc2)ccc1C(=O)Oc1ccc([N+](=O)[O-])cc1. The van der Waals surface area contributed by atoms with Crippen molar-refractivity contribution < 1.29 is 28.7 Å². The first-order valence-corrected chi connectivity index (χ1v) is 8.60. The Hall–Kier alpha value is -4.40. The smallest absolute Gasteiger partial charge is 0.347 e. The monoisotopic (exact) mass is 408 g/mol. The predicted molar refractivity (Wildman–Crippen MR) is 107 cm³/mol. The second-order valence-electron chi connectivity index (χ2n) is 6.01. The molecular weight excluding hydrogens is 392 g/mol. The maximum Gasteiger partial charge on any atom is 0.347 e. The van der Waals surface area contributed by atoms with E-state index in [2.05, 4.69) is 0 Å². The van der Waals surface area contributed by atoms with E-state index < -0.39 is 16.9 Å². The first-order valence-electron chi connectivity index (χ1n) is 8.60. The van der Waals surface area contributed by atoms with Crippen LogP contribution in [0.4, 0.5) is 11.4 Å². The maximum atomic E-state index is 12.4. The van der Waals surface area contributed by atoms with Gasteiger partial charge in [0.25, 0.3) is 5.69 Å². The lowest BCUT2D eigenvalue weighted by molar-refractivity contribution is -0.384. The molecule has 9 heteroatoms. The summed E-state index contributed by atoms with van der Waals surface area (Å²) in [4.78, 5) is 34.8. The summed E-state index contributed by atoms with van der Waals surface area (Å²) >= 11 is 0. The van der Waals surface area contributed by atoms with Gasteiger partial charge < -0.3 is 19.9 Å². The van der Waals surface area contributed by atoms with Gasteiger partial charge >= 0.3 is 11.9 Å². The van der Waals surface area contributed by atoms with Gasteiger partial charge in [-0.15, -0.1) is 0 Å². The van der Waals surface area contributed by atoms with Gasteiger partial charge in [0.05, 0.1) is 17.6 Å². The van der Waals surface area contributed by atoms with E-state index in [0.717, 1.165) is 0 Å². The number of carbonyl (C=O) groups excluding carboxylic acids is 2. The Kier molecular flexibility index (Phi) is 5.92. The molecule has 0 radical (unpaired) electrons. The summed E-state index contributed by atoms with van der Waals surface area (Å²) in [6.07, 6.45) is 0. The number of benzene rings is 3. The molecule has 3 rings (SSSR count). The molecule has 30 heavy (non-hydrogen) atoms. The molecule has 0 saturated carbocycles. The van der Waals surface area contributed by atoms with Crippen molar-refractivity contribution in [1.29, 1.82) is 0 Å². The highest BCUT2D eigenvalue weighted by atomic mass is 16.6. The molecule has 0 heterocycles. The van der Waals surface area contributed by atoms with Crippen molar-refractivity contribution in [3.63, 3.8) is 0 Å². The second-order valence-corrected chi connectivity index (χ2v) is 6.01. The number of nitrogens with zero attached hydrogens (tertiary/aromatic N) is 1. The van der Waals surface area contributed by atoms with Crippen LogP contribution in [0.2, 0.25) is 0 Å². The summed E-state index contributed by atoms with van der Waals surface area (Å²) < 4.78 is 15.7. The molecular formula is C21H16N2O7. The molecule has 0 fully saturated rings. The Balaban J connectivity index is 1.74. The van der Waals surface area contributed by atoms with E-state index in [1.807, 2.05) is 0 Å². The van der Waals surface area contributed by atoms with Gasteiger partial charge in [0.1, 0.15) is 22.8 Å². The van der Waals surface area contributed by atoms with Gasteiger partial charge in [0, 0.05) is 23.9 Å². The van der Waals surface area contributed by atoms with Crippen LogP contribution in [0.3, 0.4) is 0 Å². The largest absolute Gasteiger partial charge is 0.496 e. The van der Waals surface area contributed by atoms with E-state index >= 15 is 0 Å². The Bertz CT molecular complexity index is 1090. The molecule has 0 aromatic heterocycles. The zero-order valence-corrected chi connectivity index (χ0v) is 15.7. The molecule has 0 atom stereocenters. The third-order valence-corrected chi connectivity index (χ3v) is 4.01. The van der Waals surface area contributed by atoms with E-state index in [1.54, 1.807) is 12.1 Å². The average molecular weight is 408 g/mol. The van der Waals surface area contributed by atoms with Crippen LogP contribution >= 0.6 is 0 Å². The van der Waals surface area contributed by atoms with E-state index in [-0.39, 0.29) is 28.5 Å². The fourth-order valence-corrected chi connectivity index (χ4v) is 2.49. The fraction of sp³-hybridized carbons (Fsp3) is 0.0476. The van der Waals surface area contributed by atoms with Gasteiger partial charge in [0.15, 0.2) is 0 Å². The third-order valence-electron chi connectivity index (χ3n) is 4.01. The number of nitrogens with two attached hydrogens (primary N) is 1. The van der Waals surface area contributed by atoms with Crippen molar-refractivity contribution in [1.82, 2.24) is 0 Å². The molecule has 0 aliphatic heterocycles. The second kappa shape index (κ2) is 8.74. The first-order chi connectivity index (χ1) is 14.4. The number of hydrogen-bond acceptors (Lipinski definition) is 8. The molecule has 0 amide bonds. The van der Waals surface area contributed by atoms with E-state index in [1.165, 1.54) is 61.7 Å². The molecule has 3 aromatic rings. The Morgan fingerprint density at radius 1 is 0.867 bits per heavy atom. The summed E-state index contributed by atoms with van der Waals surface area (Å²) in [7, 11) is 1.35. The lowest BCUT2D eigenvalue weighted by Crippen LogP contribution is -2.12. The van der Waals surface area contributed by atoms with Crippen LogP contribution in [0.25, 0.3) is 0 Å². The van der Waals surface area contributed by atoms with Crippen LogP contribution in [-0.4, -0.2) is 24.0 Å². The van der Waals surface area contributed by atoms with Crippen molar-refractivity contribution in [2.75, 3.05) is 12.8 Å². The number of hydrogen-bond donors (Lipinski definition) is 1. The standard InChI is InChI=1S/C21H16N2O7/c1-28-19-12-17(30-20(24)13-2-4-14(22)5-3-13)10-11-18(19)21(25)29-16-8-6-15(7-9-16)23(26)27/h2-12H,22H2,1H3. The number of nitrogen functional groups attached to an aromatic ring is 1. The zero-order valence-electron chi connectivity index (χ0n) is 15.7. The minimum atomic E-state index is -0.739. The summed E-state index contributed by atoms with van der Waals surface area (Å²) in [6.45, 7) is 0. The molecule has 152 valence electrons. The molecule has 9 nitrogen and oxygen atoms in total. The van der Waals surface area contributed by atoms with Gasteiger partial charge in [-0.3, -0.25) is 10.1 Å². The number of non-ortho nitro benzene ring substituents is 1. The van der Waals surface area contributed by atoms with Crippen molar-refractivity contribution in [3.8, 4) is 17.2 Å². The van der Waals surface area contributed by atoms with Crippen LogP contribution in [0, 0.1) is 10.1 Å². The molecule has 0 saturated heterocycles. The van der Waals surface area contributed by atoms with Crippen molar-refractivity contribution in [2.45, 2.75) is 0 Å². The van der Waals surface area contributed by atoms with Gasteiger partial charge in [-0.25, -0.2) is 9.59 Å². The fourth-order valence-electron chi connectivity index (χ4n) is 2.49. The molecule has 0 aliphatic rings. The molecule has 2 N–H and O–H groups in total. The lowest BCUT2D eigenvalue weighted by Gasteiger charge is -2.11. The van der Waals surface area contributed by atoms with Gasteiger partial charge in [-0.1, -0.05) is 0 Å². The normalized spacial score (nSPS) is 10.2. The molecule has 0 aliphatic carbocycles. The molecule has 0 spiro atoms. The number of methoxy groups -OCH3 is 1. The minimum absolute atomic E-state index is 0.0862. The summed E-state index contributed by atoms with van der Waals surface area (Å²) in [5.41, 5.74) is 6.38. The Labute approximate surface area is 170 Å². The number of nitro benzene ring substituents is 1. The molecule has 3 aromatic carbocycles. The maximum absolute atomic E-state index is 12.4. The number of rotatable bonds is 6. The van der Waals surface area contributed by atoms with Gasteiger partial charge in [-0.2, -0.15) is 0 Å². The van der Waals surface area contributed by atoms with Crippen LogP contribution in [0.1, 0.15) is 20.7 Å². The summed E-state index contributed by atoms with van der Waals surface area (Å²) in [6, 6.07) is 15.5. The van der Waals surface area contributed by atoms with E-state index in [4.69, 9.17) is 19.9 Å². The molecule has 0 unspecified atom stereocenters. The van der Waals surface area contributed by atoms with Crippen molar-refractivity contribution in [2.24, 2.45) is 0 Å². The van der Waals surface area contributed by atoms with Gasteiger partial charge in [0.2, 0.25) is 0 Å². The van der Waals surface area contributed by atoms with E-state index in [9.17, 15) is 19.7 Å². The summed E-state index contributed by atoms with van der Waals surface area (Å²) in [5.74, 6) is -0.910. The van der Waals surface area contributed by atoms with Crippen LogP contribution in [0.15, 0.2) is 66.7 Å². The van der Waals surface area contributed by atoms with E-state index in [0.29, 0.717) is 11.3 Å². The highest BCUT2D eigenvalue weighted by Crippen LogP contribution is 2.27. The average Bonchev–Trinajstić information content (AvgIpc) is 2.74. The number of carbonyl (C=O) groups is 2. The Morgan fingerprint density at radius 3 is 2.07 bits per heavy atom. The number of nitro groups is 1. The Morgan fingerprint density at radius 2 is 1.47 bits per heavy atom. The summed E-state index contributed by atoms with van der Waals surface area (Å²) in [5, 5.41) is 10.7. The highest BCUT2D eigenvalue weighted by molar-refractivity contribution is 5.95.